The van der Waals surface area contributed by atoms with Crippen molar-refractivity contribution in [2.75, 3.05) is 0 Å². The highest BCUT2D eigenvalue weighted by Gasteiger charge is 2.22. The minimum atomic E-state index is -0.152. The number of rotatable bonds is 4. The maximum atomic E-state index is 6.25. The van der Waals surface area contributed by atoms with Gasteiger partial charge in [-0.2, -0.15) is 0 Å². The van der Waals surface area contributed by atoms with Gasteiger partial charge in [0.1, 0.15) is 11.3 Å². The van der Waals surface area contributed by atoms with E-state index < -0.39 is 0 Å². The van der Waals surface area contributed by atoms with Crippen molar-refractivity contribution in [3.8, 4) is 0 Å². The number of alkyl halides is 1. The number of halogens is 2. The lowest BCUT2D eigenvalue weighted by molar-refractivity contribution is 0.293. The van der Waals surface area contributed by atoms with E-state index in [1.807, 2.05) is 13.0 Å². The summed E-state index contributed by atoms with van der Waals surface area (Å²) in [5, 5.41) is 0.446. The Balaban J connectivity index is 2.59. The maximum Gasteiger partial charge on any atom is 0.160 e. The van der Waals surface area contributed by atoms with Crippen molar-refractivity contribution in [3.63, 3.8) is 0 Å². The van der Waals surface area contributed by atoms with Crippen molar-refractivity contribution in [1.82, 2.24) is 14.5 Å². The highest BCUT2D eigenvalue weighted by molar-refractivity contribution is 6.31. The quantitative estimate of drug-likeness (QED) is 0.758. The molecular weight excluding hydrogens is 281 g/mol. The number of nitrogens with zero attached hydrogens (tertiary/aromatic N) is 3. The molecule has 0 amide bonds. The molecule has 0 aliphatic carbocycles. The molecule has 3 nitrogen and oxygen atoms in total. The molecule has 0 radical (unpaired) electrons. The van der Waals surface area contributed by atoms with Gasteiger partial charge < -0.3 is 4.57 Å². The van der Waals surface area contributed by atoms with Crippen molar-refractivity contribution in [2.45, 2.75) is 46.0 Å². The van der Waals surface area contributed by atoms with Gasteiger partial charge in [0.15, 0.2) is 5.65 Å². The molecule has 2 aromatic rings. The SMILES string of the molecule is CCC(C)(C)Cn1c(C(C)Cl)nc2cc(Cl)cnc21. The summed E-state index contributed by atoms with van der Waals surface area (Å²) in [4.78, 5) is 8.99. The molecule has 2 aromatic heterocycles. The van der Waals surface area contributed by atoms with Gasteiger partial charge in [-0.05, 0) is 24.8 Å². The highest BCUT2D eigenvalue weighted by atomic mass is 35.5. The fourth-order valence-electron chi connectivity index (χ4n) is 2.00. The van der Waals surface area contributed by atoms with Crippen LogP contribution in [-0.2, 0) is 6.54 Å². The second kappa shape index (κ2) is 5.29. The van der Waals surface area contributed by atoms with Crippen molar-refractivity contribution in [2.24, 2.45) is 5.41 Å². The minimum Gasteiger partial charge on any atom is -0.311 e. The molecule has 0 N–H and O–H groups in total. The van der Waals surface area contributed by atoms with E-state index in [4.69, 9.17) is 23.2 Å². The molecule has 19 heavy (non-hydrogen) atoms. The van der Waals surface area contributed by atoms with Crippen LogP contribution in [-0.4, -0.2) is 14.5 Å². The number of fused-ring (bicyclic) bond motifs is 1. The molecule has 0 aliphatic heterocycles. The number of pyridine rings is 1. The zero-order valence-corrected chi connectivity index (χ0v) is 13.3. The van der Waals surface area contributed by atoms with Crippen LogP contribution in [0.25, 0.3) is 11.2 Å². The molecule has 1 unspecified atom stereocenters. The first-order valence-electron chi connectivity index (χ1n) is 6.50. The van der Waals surface area contributed by atoms with Crippen LogP contribution >= 0.6 is 23.2 Å². The van der Waals surface area contributed by atoms with Gasteiger partial charge >= 0.3 is 0 Å². The van der Waals surface area contributed by atoms with Crippen LogP contribution in [0.1, 0.15) is 45.3 Å². The van der Waals surface area contributed by atoms with E-state index >= 15 is 0 Å². The average Bonchev–Trinajstić information content (AvgIpc) is 2.67. The van der Waals surface area contributed by atoms with Gasteiger partial charge in [-0.3, -0.25) is 0 Å². The Bertz CT molecular complexity index is 588. The lowest BCUT2D eigenvalue weighted by atomic mass is 9.90. The van der Waals surface area contributed by atoms with Crippen molar-refractivity contribution < 1.29 is 0 Å². The first kappa shape index (κ1) is 14.6. The Morgan fingerprint density at radius 1 is 1.42 bits per heavy atom. The Hall–Kier alpha value is -0.800. The summed E-state index contributed by atoms with van der Waals surface area (Å²) in [5.41, 5.74) is 1.84. The molecule has 0 spiro atoms. The highest BCUT2D eigenvalue weighted by Crippen LogP contribution is 2.30. The maximum absolute atomic E-state index is 6.25. The third-order valence-corrected chi connectivity index (χ3v) is 3.88. The lowest BCUT2D eigenvalue weighted by Gasteiger charge is -2.24. The van der Waals surface area contributed by atoms with Crippen LogP contribution in [0.15, 0.2) is 12.3 Å². The van der Waals surface area contributed by atoms with Crippen LogP contribution in [0, 0.1) is 5.41 Å². The minimum absolute atomic E-state index is 0.152. The molecule has 0 saturated carbocycles. The van der Waals surface area contributed by atoms with E-state index in [1.54, 1.807) is 6.20 Å². The first-order chi connectivity index (χ1) is 8.84. The third-order valence-electron chi connectivity index (χ3n) is 3.48. The normalized spacial score (nSPS) is 14.0. The molecule has 0 aromatic carbocycles. The van der Waals surface area contributed by atoms with Crippen molar-refractivity contribution in [3.05, 3.63) is 23.1 Å². The monoisotopic (exact) mass is 299 g/mol. The van der Waals surface area contributed by atoms with Crippen LogP contribution < -0.4 is 0 Å². The van der Waals surface area contributed by atoms with E-state index in [0.29, 0.717) is 5.02 Å². The largest absolute Gasteiger partial charge is 0.311 e. The van der Waals surface area contributed by atoms with Gasteiger partial charge in [0.05, 0.1) is 10.4 Å². The Kier molecular flexibility index (Phi) is 4.07. The zero-order valence-electron chi connectivity index (χ0n) is 11.7. The molecular formula is C14H19Cl2N3. The predicted molar refractivity (Wildman–Crippen MR) is 80.9 cm³/mol. The fraction of sp³-hybridized carbons (Fsp3) is 0.571. The second-order valence-electron chi connectivity index (χ2n) is 5.69. The molecule has 1 atom stereocenters. The summed E-state index contributed by atoms with van der Waals surface area (Å²) in [7, 11) is 0. The van der Waals surface area contributed by atoms with Crippen LogP contribution in [0.5, 0.6) is 0 Å². The van der Waals surface area contributed by atoms with Gasteiger partial charge in [0.25, 0.3) is 0 Å². The fourth-order valence-corrected chi connectivity index (χ4v) is 2.32. The second-order valence-corrected chi connectivity index (χ2v) is 6.78. The lowest BCUT2D eigenvalue weighted by Crippen LogP contribution is -2.20. The molecule has 0 fully saturated rings. The molecule has 104 valence electrons. The van der Waals surface area contributed by atoms with E-state index in [-0.39, 0.29) is 10.8 Å². The van der Waals surface area contributed by atoms with E-state index in [1.165, 1.54) is 0 Å². The molecule has 2 rings (SSSR count). The number of hydrogen-bond donors (Lipinski definition) is 0. The third kappa shape index (κ3) is 3.03. The molecule has 2 heterocycles. The number of hydrogen-bond acceptors (Lipinski definition) is 2. The first-order valence-corrected chi connectivity index (χ1v) is 7.31. The average molecular weight is 300 g/mol. The zero-order chi connectivity index (χ0) is 14.2. The van der Waals surface area contributed by atoms with E-state index in [0.717, 1.165) is 30.0 Å². The van der Waals surface area contributed by atoms with Gasteiger partial charge in [-0.25, -0.2) is 9.97 Å². The van der Waals surface area contributed by atoms with Crippen LogP contribution in [0.3, 0.4) is 0 Å². The molecule has 0 bridgehead atoms. The summed E-state index contributed by atoms with van der Waals surface area (Å²) in [6.07, 6.45) is 2.74. The summed E-state index contributed by atoms with van der Waals surface area (Å²) >= 11 is 12.2. The van der Waals surface area contributed by atoms with Gasteiger partial charge in [0.2, 0.25) is 0 Å². The smallest absolute Gasteiger partial charge is 0.160 e. The summed E-state index contributed by atoms with van der Waals surface area (Å²) in [6, 6.07) is 1.84. The van der Waals surface area contributed by atoms with Crippen molar-refractivity contribution in [1.29, 1.82) is 0 Å². The van der Waals surface area contributed by atoms with E-state index in [2.05, 4.69) is 35.3 Å². The van der Waals surface area contributed by atoms with Gasteiger partial charge in [-0.15, -0.1) is 11.6 Å². The summed E-state index contributed by atoms with van der Waals surface area (Å²) in [6.45, 7) is 9.43. The van der Waals surface area contributed by atoms with Crippen LogP contribution in [0.4, 0.5) is 0 Å². The predicted octanol–water partition coefficient (Wildman–Crippen LogP) is 4.82. The van der Waals surface area contributed by atoms with E-state index in [9.17, 15) is 0 Å². The van der Waals surface area contributed by atoms with Gasteiger partial charge in [-0.1, -0.05) is 32.4 Å². The topological polar surface area (TPSA) is 30.7 Å². The number of aromatic nitrogens is 3. The Morgan fingerprint density at radius 2 is 2.11 bits per heavy atom. The number of imidazole rings is 1. The molecule has 0 aliphatic rings. The van der Waals surface area contributed by atoms with Crippen molar-refractivity contribution >= 4 is 34.4 Å². The molecule has 5 heteroatoms. The summed E-state index contributed by atoms with van der Waals surface area (Å²) < 4.78 is 2.12. The summed E-state index contributed by atoms with van der Waals surface area (Å²) in [5.74, 6) is 0.855. The van der Waals surface area contributed by atoms with Crippen LogP contribution in [0.2, 0.25) is 5.02 Å². The standard InChI is InChI=1S/C14H19Cl2N3/c1-5-14(3,4)8-19-12(9(2)15)18-11-6-10(16)7-17-13(11)19/h6-7,9H,5,8H2,1-4H3. The van der Waals surface area contributed by atoms with Gasteiger partial charge in [0, 0.05) is 12.7 Å². The Morgan fingerprint density at radius 3 is 2.68 bits per heavy atom. The Labute approximate surface area is 123 Å². The molecule has 0 saturated heterocycles.